The molecule has 22 heavy (non-hydrogen) atoms. The summed E-state index contributed by atoms with van der Waals surface area (Å²) in [6.07, 6.45) is 0. The highest BCUT2D eigenvalue weighted by Crippen LogP contribution is 2.20. The van der Waals surface area contributed by atoms with Gasteiger partial charge in [0.2, 0.25) is 5.91 Å². The number of fused-ring (bicyclic) bond motifs is 1. The fraction of sp³-hybridized carbons (Fsp3) is 0.133. The van der Waals surface area contributed by atoms with Crippen LogP contribution < -0.4 is 5.32 Å². The van der Waals surface area contributed by atoms with Gasteiger partial charge in [0.05, 0.1) is 5.52 Å². The molecule has 0 aliphatic heterocycles. The number of aromatic nitrogens is 3. The lowest BCUT2D eigenvalue weighted by Crippen LogP contribution is -2.27. The molecule has 5 nitrogen and oxygen atoms in total. The zero-order valence-electron chi connectivity index (χ0n) is 11.5. The second-order valence-electron chi connectivity index (χ2n) is 4.75. The van der Waals surface area contributed by atoms with Gasteiger partial charge in [-0.2, -0.15) is 0 Å². The minimum absolute atomic E-state index is 0.103. The molecule has 0 spiro atoms. The van der Waals surface area contributed by atoms with Gasteiger partial charge in [0.25, 0.3) is 0 Å². The van der Waals surface area contributed by atoms with Crippen LogP contribution in [-0.4, -0.2) is 20.9 Å². The minimum Gasteiger partial charge on any atom is -0.350 e. The molecule has 0 saturated heterocycles. The molecule has 0 aliphatic carbocycles. The molecule has 0 aliphatic rings. The van der Waals surface area contributed by atoms with Crippen molar-refractivity contribution >= 4 is 40.1 Å². The van der Waals surface area contributed by atoms with Crippen molar-refractivity contribution in [2.45, 2.75) is 13.1 Å². The Hall–Kier alpha value is -2.11. The van der Waals surface area contributed by atoms with E-state index in [4.69, 9.17) is 23.2 Å². The number of halogens is 2. The molecule has 1 N–H and O–H groups in total. The molecular formula is C15H12Cl2N4O. The molecule has 0 saturated carbocycles. The number of hydrogen-bond donors (Lipinski definition) is 1. The number of para-hydroxylation sites is 1. The Balaban J connectivity index is 1.65. The zero-order valence-corrected chi connectivity index (χ0v) is 13.0. The van der Waals surface area contributed by atoms with Gasteiger partial charge in [0, 0.05) is 16.6 Å². The Kier molecular flexibility index (Phi) is 4.27. The number of hydrogen-bond acceptors (Lipinski definition) is 3. The average Bonchev–Trinajstić information content (AvgIpc) is 2.90. The lowest BCUT2D eigenvalue weighted by atomic mass is 10.2. The van der Waals surface area contributed by atoms with Crippen LogP contribution in [0, 0.1) is 0 Å². The first-order valence-corrected chi connectivity index (χ1v) is 7.38. The number of amides is 1. The summed E-state index contributed by atoms with van der Waals surface area (Å²) in [4.78, 5) is 12.0. The van der Waals surface area contributed by atoms with Crippen LogP contribution in [-0.2, 0) is 17.9 Å². The van der Waals surface area contributed by atoms with Crippen molar-refractivity contribution in [2.24, 2.45) is 0 Å². The highest BCUT2D eigenvalue weighted by atomic mass is 35.5. The van der Waals surface area contributed by atoms with Crippen molar-refractivity contribution in [3.05, 3.63) is 58.1 Å². The standard InChI is InChI=1S/C15H12Cl2N4O/c16-11-6-5-10(12(17)7-11)8-18-15(22)9-21-14-4-2-1-3-13(14)19-20-21/h1-7H,8-9H2,(H,18,22). The van der Waals surface area contributed by atoms with Gasteiger partial charge in [-0.3, -0.25) is 4.79 Å². The molecule has 0 unspecified atom stereocenters. The van der Waals surface area contributed by atoms with Crippen molar-refractivity contribution in [3.8, 4) is 0 Å². The van der Waals surface area contributed by atoms with Crippen LogP contribution >= 0.6 is 23.2 Å². The molecule has 0 bridgehead atoms. The van der Waals surface area contributed by atoms with E-state index in [9.17, 15) is 4.79 Å². The average molecular weight is 335 g/mol. The Morgan fingerprint density at radius 1 is 1.18 bits per heavy atom. The van der Waals surface area contributed by atoms with E-state index in [0.717, 1.165) is 16.6 Å². The fourth-order valence-corrected chi connectivity index (χ4v) is 2.56. The summed E-state index contributed by atoms with van der Waals surface area (Å²) < 4.78 is 1.56. The third kappa shape index (κ3) is 3.21. The second-order valence-corrected chi connectivity index (χ2v) is 5.59. The molecule has 2 aromatic carbocycles. The molecule has 0 radical (unpaired) electrons. The quantitative estimate of drug-likeness (QED) is 0.797. The van der Waals surface area contributed by atoms with E-state index in [-0.39, 0.29) is 12.5 Å². The third-order valence-electron chi connectivity index (χ3n) is 3.20. The molecule has 1 aromatic heterocycles. The Morgan fingerprint density at radius 2 is 2.00 bits per heavy atom. The highest BCUT2D eigenvalue weighted by molar-refractivity contribution is 6.35. The maximum absolute atomic E-state index is 12.0. The van der Waals surface area contributed by atoms with Gasteiger partial charge < -0.3 is 5.32 Å². The summed E-state index contributed by atoms with van der Waals surface area (Å²) in [7, 11) is 0. The normalized spacial score (nSPS) is 10.8. The van der Waals surface area contributed by atoms with Crippen LogP contribution in [0.15, 0.2) is 42.5 Å². The molecule has 1 amide bonds. The van der Waals surface area contributed by atoms with Crippen LogP contribution in [0.2, 0.25) is 10.0 Å². The Morgan fingerprint density at radius 3 is 2.82 bits per heavy atom. The van der Waals surface area contributed by atoms with Crippen LogP contribution in [0.25, 0.3) is 11.0 Å². The lowest BCUT2D eigenvalue weighted by molar-refractivity contribution is -0.121. The van der Waals surface area contributed by atoms with E-state index < -0.39 is 0 Å². The van der Waals surface area contributed by atoms with Gasteiger partial charge in [0.15, 0.2) is 0 Å². The predicted octanol–water partition coefficient (Wildman–Crippen LogP) is 3.05. The van der Waals surface area contributed by atoms with Crippen molar-refractivity contribution < 1.29 is 4.79 Å². The van der Waals surface area contributed by atoms with Gasteiger partial charge in [-0.1, -0.05) is 46.6 Å². The Bertz CT molecular complexity index is 831. The van der Waals surface area contributed by atoms with Crippen molar-refractivity contribution in [1.82, 2.24) is 20.3 Å². The largest absolute Gasteiger partial charge is 0.350 e. The highest BCUT2D eigenvalue weighted by Gasteiger charge is 2.09. The summed E-state index contributed by atoms with van der Waals surface area (Å²) in [5.41, 5.74) is 2.39. The summed E-state index contributed by atoms with van der Waals surface area (Å²) >= 11 is 11.9. The van der Waals surface area contributed by atoms with E-state index in [1.165, 1.54) is 0 Å². The first-order chi connectivity index (χ1) is 10.6. The topological polar surface area (TPSA) is 59.8 Å². The monoisotopic (exact) mass is 334 g/mol. The molecule has 1 heterocycles. The third-order valence-corrected chi connectivity index (χ3v) is 3.79. The Labute approximate surface area is 136 Å². The first-order valence-electron chi connectivity index (χ1n) is 6.62. The first kappa shape index (κ1) is 14.8. The van der Waals surface area contributed by atoms with E-state index in [1.807, 2.05) is 24.3 Å². The molecular weight excluding hydrogens is 323 g/mol. The maximum Gasteiger partial charge on any atom is 0.242 e. The van der Waals surface area contributed by atoms with Gasteiger partial charge >= 0.3 is 0 Å². The minimum atomic E-state index is -0.165. The van der Waals surface area contributed by atoms with Gasteiger partial charge in [-0.05, 0) is 29.8 Å². The van der Waals surface area contributed by atoms with Crippen LogP contribution in [0.3, 0.4) is 0 Å². The molecule has 3 rings (SSSR count). The maximum atomic E-state index is 12.0. The molecule has 0 fully saturated rings. The van der Waals surface area contributed by atoms with Gasteiger partial charge in [-0.15, -0.1) is 5.10 Å². The number of rotatable bonds is 4. The van der Waals surface area contributed by atoms with Crippen LogP contribution in [0.4, 0.5) is 0 Å². The van der Waals surface area contributed by atoms with Crippen LogP contribution in [0.1, 0.15) is 5.56 Å². The SMILES string of the molecule is O=C(Cn1nnc2ccccc21)NCc1ccc(Cl)cc1Cl. The van der Waals surface area contributed by atoms with E-state index >= 15 is 0 Å². The predicted molar refractivity (Wildman–Crippen MR) is 85.8 cm³/mol. The zero-order chi connectivity index (χ0) is 15.5. The van der Waals surface area contributed by atoms with Gasteiger partial charge in [0.1, 0.15) is 12.1 Å². The molecule has 0 atom stereocenters. The summed E-state index contributed by atoms with van der Waals surface area (Å²) in [5, 5.41) is 11.9. The van der Waals surface area contributed by atoms with Crippen molar-refractivity contribution in [3.63, 3.8) is 0 Å². The second kappa shape index (κ2) is 6.34. The number of nitrogens with zero attached hydrogens (tertiary/aromatic N) is 3. The van der Waals surface area contributed by atoms with Crippen LogP contribution in [0.5, 0.6) is 0 Å². The van der Waals surface area contributed by atoms with Crippen molar-refractivity contribution in [1.29, 1.82) is 0 Å². The lowest BCUT2D eigenvalue weighted by Gasteiger charge is -2.07. The fourth-order valence-electron chi connectivity index (χ4n) is 2.08. The number of nitrogens with one attached hydrogen (secondary N) is 1. The van der Waals surface area contributed by atoms with E-state index in [1.54, 1.807) is 22.9 Å². The van der Waals surface area contributed by atoms with E-state index in [2.05, 4.69) is 15.6 Å². The number of benzene rings is 2. The van der Waals surface area contributed by atoms with E-state index in [0.29, 0.717) is 16.6 Å². The molecule has 112 valence electrons. The molecule has 7 heteroatoms. The summed E-state index contributed by atoms with van der Waals surface area (Å²) in [6, 6.07) is 12.7. The molecule has 3 aromatic rings. The van der Waals surface area contributed by atoms with Crippen molar-refractivity contribution in [2.75, 3.05) is 0 Å². The number of carbonyl (C=O) groups excluding carboxylic acids is 1. The summed E-state index contributed by atoms with van der Waals surface area (Å²) in [6.45, 7) is 0.438. The summed E-state index contributed by atoms with van der Waals surface area (Å²) in [5.74, 6) is -0.165. The van der Waals surface area contributed by atoms with Gasteiger partial charge in [-0.25, -0.2) is 4.68 Å². The number of carbonyl (C=O) groups is 1. The smallest absolute Gasteiger partial charge is 0.242 e.